The van der Waals surface area contributed by atoms with Gasteiger partial charge in [0.15, 0.2) is 0 Å². The molecular weight excluding hydrogens is 214 g/mol. The van der Waals surface area contributed by atoms with E-state index in [1.54, 1.807) is 23.1 Å². The van der Waals surface area contributed by atoms with Crippen molar-refractivity contribution in [2.75, 3.05) is 4.90 Å². The van der Waals surface area contributed by atoms with E-state index in [1.807, 2.05) is 0 Å². The Morgan fingerprint density at radius 3 is 2.67 bits per heavy atom. The summed E-state index contributed by atoms with van der Waals surface area (Å²) < 4.78 is 0. The molecule has 76 valence electrons. The van der Waals surface area contributed by atoms with E-state index in [2.05, 4.69) is 0 Å². The molecule has 1 aromatic rings. The number of hydrogen-bond acceptors (Lipinski definition) is 2. The lowest BCUT2D eigenvalue weighted by Gasteiger charge is -2.14. The van der Waals surface area contributed by atoms with Crippen molar-refractivity contribution in [3.05, 3.63) is 28.8 Å². The fourth-order valence-electron chi connectivity index (χ4n) is 1.93. The van der Waals surface area contributed by atoms with E-state index in [4.69, 9.17) is 11.6 Å². The van der Waals surface area contributed by atoms with Crippen LogP contribution < -0.4 is 4.90 Å². The number of halogens is 1. The molecule has 1 fully saturated rings. The molecule has 3 rings (SSSR count). The third kappa shape index (κ3) is 1.20. The van der Waals surface area contributed by atoms with Crippen molar-refractivity contribution in [1.29, 1.82) is 0 Å². The van der Waals surface area contributed by atoms with Gasteiger partial charge in [-0.2, -0.15) is 0 Å². The van der Waals surface area contributed by atoms with Crippen LogP contribution in [-0.4, -0.2) is 17.7 Å². The number of nitrogens with zero attached hydrogens (tertiary/aromatic N) is 1. The molecule has 0 unspecified atom stereocenters. The van der Waals surface area contributed by atoms with Crippen molar-refractivity contribution >= 4 is 29.0 Å². The van der Waals surface area contributed by atoms with Gasteiger partial charge in [-0.15, -0.1) is 0 Å². The Morgan fingerprint density at radius 1 is 1.27 bits per heavy atom. The maximum absolute atomic E-state index is 11.7. The number of fused-ring (bicyclic) bond motifs is 1. The topological polar surface area (TPSA) is 37.4 Å². The Bertz CT molecular complexity index is 479. The van der Waals surface area contributed by atoms with E-state index >= 15 is 0 Å². The zero-order valence-electron chi connectivity index (χ0n) is 7.87. The molecule has 1 saturated carbocycles. The second-order valence-electron chi connectivity index (χ2n) is 3.90. The summed E-state index contributed by atoms with van der Waals surface area (Å²) in [6, 6.07) is 5.25. The first-order valence-electron chi connectivity index (χ1n) is 4.86. The lowest BCUT2D eigenvalue weighted by Crippen LogP contribution is -2.31. The normalized spacial score (nSPS) is 19.7. The Morgan fingerprint density at radius 2 is 2.00 bits per heavy atom. The van der Waals surface area contributed by atoms with E-state index in [1.165, 1.54) is 0 Å². The van der Waals surface area contributed by atoms with Gasteiger partial charge in [0.05, 0.1) is 11.3 Å². The van der Waals surface area contributed by atoms with Gasteiger partial charge in [-0.3, -0.25) is 9.59 Å². The van der Waals surface area contributed by atoms with Gasteiger partial charge < -0.3 is 4.90 Å². The molecule has 2 aliphatic rings. The summed E-state index contributed by atoms with van der Waals surface area (Å²) >= 11 is 5.80. The Labute approximate surface area is 91.6 Å². The molecule has 0 bridgehead atoms. The molecule has 1 aliphatic carbocycles. The van der Waals surface area contributed by atoms with Crippen LogP contribution in [0, 0.1) is 0 Å². The van der Waals surface area contributed by atoms with Gasteiger partial charge in [-0.1, -0.05) is 11.6 Å². The molecule has 15 heavy (non-hydrogen) atoms. The van der Waals surface area contributed by atoms with Crippen LogP contribution in [0.3, 0.4) is 0 Å². The van der Waals surface area contributed by atoms with Crippen LogP contribution in [0.2, 0.25) is 5.02 Å². The van der Waals surface area contributed by atoms with E-state index < -0.39 is 11.7 Å². The molecular formula is C11H8ClNO2. The lowest BCUT2D eigenvalue weighted by atomic mass is 10.1. The van der Waals surface area contributed by atoms with Gasteiger partial charge in [0, 0.05) is 11.1 Å². The second kappa shape index (κ2) is 2.83. The molecule has 0 spiro atoms. The van der Waals surface area contributed by atoms with Crippen LogP contribution in [0.1, 0.15) is 23.2 Å². The molecule has 4 heteroatoms. The van der Waals surface area contributed by atoms with Crippen LogP contribution in [-0.2, 0) is 4.79 Å². The largest absolute Gasteiger partial charge is 0.302 e. The molecule has 1 aromatic carbocycles. The number of rotatable bonds is 1. The fourth-order valence-corrected chi connectivity index (χ4v) is 2.10. The number of Topliss-reactive ketones (excluding diaryl/α,β-unsaturated/α-hetero) is 1. The molecule has 1 amide bonds. The maximum Gasteiger partial charge on any atom is 0.299 e. The first-order chi connectivity index (χ1) is 7.18. The Kier molecular flexibility index (Phi) is 1.68. The number of amides is 1. The molecule has 0 radical (unpaired) electrons. The van der Waals surface area contributed by atoms with Crippen LogP contribution in [0.5, 0.6) is 0 Å². The third-order valence-electron chi connectivity index (χ3n) is 2.79. The predicted octanol–water partition coefficient (Wildman–Crippen LogP) is 2.03. The number of anilines is 1. The summed E-state index contributed by atoms with van der Waals surface area (Å²) in [5, 5.41) is 0.493. The zero-order valence-corrected chi connectivity index (χ0v) is 8.62. The smallest absolute Gasteiger partial charge is 0.299 e. The van der Waals surface area contributed by atoms with Crippen LogP contribution in [0.25, 0.3) is 0 Å². The summed E-state index contributed by atoms with van der Waals surface area (Å²) in [7, 11) is 0. The highest BCUT2D eigenvalue weighted by Crippen LogP contribution is 2.39. The standard InChI is InChI=1S/C11H8ClNO2/c12-6-1-4-9-8(5-6)10(14)11(15)13(9)7-2-3-7/h1,4-5,7H,2-3H2. The van der Waals surface area contributed by atoms with Gasteiger partial charge in [0.1, 0.15) is 0 Å². The summed E-state index contributed by atoms with van der Waals surface area (Å²) in [5.41, 5.74) is 1.16. The molecule has 0 saturated heterocycles. The summed E-state index contributed by atoms with van der Waals surface area (Å²) in [4.78, 5) is 24.9. The van der Waals surface area contributed by atoms with E-state index in [9.17, 15) is 9.59 Å². The summed E-state index contributed by atoms with van der Waals surface area (Å²) in [6.45, 7) is 0. The van der Waals surface area contributed by atoms with Gasteiger partial charge in [-0.05, 0) is 31.0 Å². The fraction of sp³-hybridized carbons (Fsp3) is 0.273. The summed E-state index contributed by atoms with van der Waals surface area (Å²) in [6.07, 6.45) is 1.97. The van der Waals surface area contributed by atoms with Crippen molar-refractivity contribution in [1.82, 2.24) is 0 Å². The van der Waals surface area contributed by atoms with Crippen molar-refractivity contribution in [3.63, 3.8) is 0 Å². The number of carbonyl (C=O) groups is 2. The van der Waals surface area contributed by atoms with Gasteiger partial charge in [0.25, 0.3) is 11.7 Å². The Balaban J connectivity index is 2.16. The summed E-state index contributed by atoms with van der Waals surface area (Å²) in [5.74, 6) is -0.839. The van der Waals surface area contributed by atoms with E-state index in [0.717, 1.165) is 18.5 Å². The number of carbonyl (C=O) groups excluding carboxylic acids is 2. The van der Waals surface area contributed by atoms with Crippen molar-refractivity contribution in [2.45, 2.75) is 18.9 Å². The van der Waals surface area contributed by atoms with Crippen LogP contribution >= 0.6 is 11.6 Å². The predicted molar refractivity (Wildman–Crippen MR) is 56.3 cm³/mol. The van der Waals surface area contributed by atoms with Crippen molar-refractivity contribution in [3.8, 4) is 0 Å². The van der Waals surface area contributed by atoms with Crippen LogP contribution in [0.4, 0.5) is 5.69 Å². The molecule has 0 aromatic heterocycles. The molecule has 1 heterocycles. The molecule has 0 atom stereocenters. The quantitative estimate of drug-likeness (QED) is 0.681. The molecule has 0 N–H and O–H groups in total. The van der Waals surface area contributed by atoms with Crippen molar-refractivity contribution in [2.24, 2.45) is 0 Å². The minimum atomic E-state index is -0.431. The average molecular weight is 222 g/mol. The Hall–Kier alpha value is -1.35. The highest BCUT2D eigenvalue weighted by atomic mass is 35.5. The van der Waals surface area contributed by atoms with Gasteiger partial charge in [0.2, 0.25) is 0 Å². The minimum absolute atomic E-state index is 0.226. The maximum atomic E-state index is 11.7. The van der Waals surface area contributed by atoms with Crippen molar-refractivity contribution < 1.29 is 9.59 Å². The van der Waals surface area contributed by atoms with Crippen LogP contribution in [0.15, 0.2) is 18.2 Å². The monoisotopic (exact) mass is 221 g/mol. The highest BCUT2D eigenvalue weighted by Gasteiger charge is 2.43. The SMILES string of the molecule is O=C1C(=O)N(C2CC2)c2ccc(Cl)cc21. The highest BCUT2D eigenvalue weighted by molar-refractivity contribution is 6.52. The lowest BCUT2D eigenvalue weighted by molar-refractivity contribution is -0.114. The third-order valence-corrected chi connectivity index (χ3v) is 3.02. The average Bonchev–Trinajstić information content (AvgIpc) is 3.00. The second-order valence-corrected chi connectivity index (χ2v) is 4.33. The molecule has 1 aliphatic heterocycles. The number of benzene rings is 1. The van der Waals surface area contributed by atoms with E-state index in [-0.39, 0.29) is 6.04 Å². The number of hydrogen-bond donors (Lipinski definition) is 0. The first kappa shape index (κ1) is 8.92. The minimum Gasteiger partial charge on any atom is -0.302 e. The zero-order chi connectivity index (χ0) is 10.6. The van der Waals surface area contributed by atoms with Gasteiger partial charge in [-0.25, -0.2) is 0 Å². The number of ketones is 1. The van der Waals surface area contributed by atoms with E-state index in [0.29, 0.717) is 10.6 Å². The molecule has 3 nitrogen and oxygen atoms in total. The van der Waals surface area contributed by atoms with Gasteiger partial charge >= 0.3 is 0 Å². The first-order valence-corrected chi connectivity index (χ1v) is 5.24.